The quantitative estimate of drug-likeness (QED) is 0.622. The van der Waals surface area contributed by atoms with Gasteiger partial charge in [-0.15, -0.1) is 0 Å². The van der Waals surface area contributed by atoms with Gasteiger partial charge in [0.05, 0.1) is 0 Å². The highest BCUT2D eigenvalue weighted by molar-refractivity contribution is 5.81. The highest BCUT2D eigenvalue weighted by atomic mass is 15.0. The Hall–Kier alpha value is -1.24. The minimum atomic E-state index is 0.720. The lowest BCUT2D eigenvalue weighted by Gasteiger charge is -2.21. The van der Waals surface area contributed by atoms with Crippen LogP contribution in [0.25, 0.3) is 10.9 Å². The fourth-order valence-corrected chi connectivity index (χ4v) is 3.67. The fourth-order valence-electron chi connectivity index (χ4n) is 3.67. The first kappa shape index (κ1) is 12.8. The third kappa shape index (κ3) is 2.70. The summed E-state index contributed by atoms with van der Waals surface area (Å²) < 4.78 is 2.61. The number of fused-ring (bicyclic) bond motifs is 1. The number of benzene rings is 1. The predicted molar refractivity (Wildman–Crippen MR) is 82.6 cm³/mol. The van der Waals surface area contributed by atoms with Crippen molar-refractivity contribution < 1.29 is 0 Å². The minimum Gasteiger partial charge on any atom is -0.342 e. The highest BCUT2D eigenvalue weighted by Gasteiger charge is 2.16. The number of aryl methyl sites for hydroxylation is 1. The van der Waals surface area contributed by atoms with Gasteiger partial charge in [0.2, 0.25) is 0 Å². The van der Waals surface area contributed by atoms with Crippen LogP contribution in [-0.4, -0.2) is 4.57 Å². The molecule has 0 N–H and O–H groups in total. The van der Waals surface area contributed by atoms with Crippen LogP contribution >= 0.6 is 0 Å². The van der Waals surface area contributed by atoms with Gasteiger partial charge >= 0.3 is 0 Å². The fraction of sp³-hybridized carbons (Fsp3) is 0.556. The van der Waals surface area contributed by atoms with E-state index in [0.717, 1.165) is 6.04 Å². The second-order valence-electron chi connectivity index (χ2n) is 6.07. The molecule has 1 nitrogen and oxygen atoms in total. The molecule has 1 aliphatic rings. The topological polar surface area (TPSA) is 4.93 Å². The van der Waals surface area contributed by atoms with Crippen molar-refractivity contribution in [3.8, 4) is 0 Å². The van der Waals surface area contributed by atoms with Crippen LogP contribution in [0.1, 0.15) is 63.1 Å². The maximum Gasteiger partial charge on any atom is 0.0485 e. The smallest absolute Gasteiger partial charge is 0.0485 e. The van der Waals surface area contributed by atoms with E-state index >= 15 is 0 Å². The standard InChI is InChI=1S/C18H25N/c1-15-14-16-10-8-9-13-18(16)19(15)17-11-6-4-2-3-5-7-12-17/h8-10,13-14,17H,2-7,11-12H2,1H3. The minimum absolute atomic E-state index is 0.720. The second kappa shape index (κ2) is 5.81. The van der Waals surface area contributed by atoms with E-state index < -0.39 is 0 Å². The van der Waals surface area contributed by atoms with Crippen molar-refractivity contribution in [2.24, 2.45) is 0 Å². The Bertz CT molecular complexity index is 528. The summed E-state index contributed by atoms with van der Waals surface area (Å²) in [6, 6.07) is 11.9. The molecule has 0 bridgehead atoms. The number of para-hydroxylation sites is 1. The Morgan fingerprint density at radius 2 is 1.53 bits per heavy atom. The summed E-state index contributed by atoms with van der Waals surface area (Å²) >= 11 is 0. The van der Waals surface area contributed by atoms with Crippen LogP contribution in [0.5, 0.6) is 0 Å². The number of hydrogen-bond donors (Lipinski definition) is 0. The summed E-state index contributed by atoms with van der Waals surface area (Å²) in [5.74, 6) is 0. The van der Waals surface area contributed by atoms with Crippen LogP contribution in [0.4, 0.5) is 0 Å². The first-order chi connectivity index (χ1) is 9.36. The highest BCUT2D eigenvalue weighted by Crippen LogP contribution is 2.31. The molecule has 0 atom stereocenters. The van der Waals surface area contributed by atoms with Gasteiger partial charge in [-0.1, -0.05) is 56.7 Å². The monoisotopic (exact) mass is 255 g/mol. The maximum atomic E-state index is 2.61. The molecule has 1 aliphatic carbocycles. The molecule has 1 aromatic carbocycles. The van der Waals surface area contributed by atoms with E-state index in [9.17, 15) is 0 Å². The summed E-state index contributed by atoms with van der Waals surface area (Å²) in [7, 11) is 0. The van der Waals surface area contributed by atoms with Gasteiger partial charge in [-0.3, -0.25) is 0 Å². The molecule has 0 radical (unpaired) electrons. The van der Waals surface area contributed by atoms with Crippen molar-refractivity contribution in [1.29, 1.82) is 0 Å². The van der Waals surface area contributed by atoms with Crippen molar-refractivity contribution in [3.05, 3.63) is 36.0 Å². The van der Waals surface area contributed by atoms with E-state index in [-0.39, 0.29) is 0 Å². The molecule has 3 rings (SSSR count). The van der Waals surface area contributed by atoms with Gasteiger partial charge in [-0.25, -0.2) is 0 Å². The van der Waals surface area contributed by atoms with Crippen LogP contribution < -0.4 is 0 Å². The van der Waals surface area contributed by atoms with Crippen LogP contribution in [0, 0.1) is 6.92 Å². The molecular weight excluding hydrogens is 230 g/mol. The molecule has 0 unspecified atom stereocenters. The van der Waals surface area contributed by atoms with Crippen molar-refractivity contribution in [3.63, 3.8) is 0 Å². The zero-order chi connectivity index (χ0) is 13.1. The largest absolute Gasteiger partial charge is 0.342 e. The number of hydrogen-bond acceptors (Lipinski definition) is 0. The van der Waals surface area contributed by atoms with Gasteiger partial charge in [-0.05, 0) is 37.3 Å². The van der Waals surface area contributed by atoms with Crippen LogP contribution in [-0.2, 0) is 0 Å². The van der Waals surface area contributed by atoms with Gasteiger partial charge in [0, 0.05) is 17.3 Å². The van der Waals surface area contributed by atoms with E-state index in [1.807, 2.05) is 0 Å². The third-order valence-electron chi connectivity index (χ3n) is 4.63. The van der Waals surface area contributed by atoms with E-state index in [0.29, 0.717) is 0 Å². The molecule has 0 spiro atoms. The lowest BCUT2D eigenvalue weighted by Crippen LogP contribution is -2.10. The lowest BCUT2D eigenvalue weighted by molar-refractivity contribution is 0.420. The second-order valence-corrected chi connectivity index (χ2v) is 6.07. The Morgan fingerprint density at radius 3 is 2.26 bits per heavy atom. The molecule has 0 amide bonds. The van der Waals surface area contributed by atoms with Crippen molar-refractivity contribution in [1.82, 2.24) is 4.57 Å². The average Bonchev–Trinajstić information content (AvgIpc) is 2.80. The molecule has 1 heteroatoms. The Balaban J connectivity index is 1.94. The molecule has 1 fully saturated rings. The third-order valence-corrected chi connectivity index (χ3v) is 4.63. The van der Waals surface area contributed by atoms with Gasteiger partial charge in [0.1, 0.15) is 0 Å². The van der Waals surface area contributed by atoms with E-state index in [1.165, 1.54) is 68.0 Å². The van der Waals surface area contributed by atoms with Crippen molar-refractivity contribution in [2.75, 3.05) is 0 Å². The summed E-state index contributed by atoms with van der Waals surface area (Å²) in [6.07, 6.45) is 11.3. The Labute approximate surface area is 116 Å². The van der Waals surface area contributed by atoms with Gasteiger partial charge in [0.25, 0.3) is 0 Å². The van der Waals surface area contributed by atoms with E-state index in [1.54, 1.807) is 0 Å². The van der Waals surface area contributed by atoms with Crippen LogP contribution in [0.2, 0.25) is 0 Å². The zero-order valence-corrected chi connectivity index (χ0v) is 12.1. The lowest BCUT2D eigenvalue weighted by atomic mass is 10.0. The number of nitrogens with zero attached hydrogens (tertiary/aromatic N) is 1. The molecule has 1 heterocycles. The average molecular weight is 255 g/mol. The van der Waals surface area contributed by atoms with Crippen LogP contribution in [0.15, 0.2) is 30.3 Å². The van der Waals surface area contributed by atoms with Crippen molar-refractivity contribution >= 4 is 10.9 Å². The molecule has 1 saturated carbocycles. The Morgan fingerprint density at radius 1 is 0.895 bits per heavy atom. The zero-order valence-electron chi connectivity index (χ0n) is 12.1. The summed E-state index contributed by atoms with van der Waals surface area (Å²) in [5.41, 5.74) is 2.87. The van der Waals surface area contributed by atoms with Gasteiger partial charge in [0.15, 0.2) is 0 Å². The molecule has 2 aromatic rings. The number of rotatable bonds is 1. The van der Waals surface area contributed by atoms with E-state index in [2.05, 4.69) is 41.8 Å². The molecule has 0 saturated heterocycles. The molecule has 19 heavy (non-hydrogen) atoms. The number of aromatic nitrogens is 1. The molecule has 1 aromatic heterocycles. The molecule has 0 aliphatic heterocycles. The molecular formula is C18H25N. The normalized spacial score (nSPS) is 19.0. The first-order valence-electron chi connectivity index (χ1n) is 7.93. The summed E-state index contributed by atoms with van der Waals surface area (Å²) in [6.45, 7) is 2.27. The van der Waals surface area contributed by atoms with Gasteiger partial charge in [-0.2, -0.15) is 0 Å². The predicted octanol–water partition coefficient (Wildman–Crippen LogP) is 5.63. The van der Waals surface area contributed by atoms with E-state index in [4.69, 9.17) is 0 Å². The summed E-state index contributed by atoms with van der Waals surface area (Å²) in [4.78, 5) is 0. The first-order valence-corrected chi connectivity index (χ1v) is 7.93. The molecule has 102 valence electrons. The SMILES string of the molecule is Cc1cc2ccccc2n1C1CCCCCCCC1. The summed E-state index contributed by atoms with van der Waals surface area (Å²) in [5, 5.41) is 1.40. The van der Waals surface area contributed by atoms with Crippen molar-refractivity contribution in [2.45, 2.75) is 64.3 Å². The maximum absolute atomic E-state index is 2.61. The Kier molecular flexibility index (Phi) is 3.91. The van der Waals surface area contributed by atoms with Gasteiger partial charge < -0.3 is 4.57 Å². The van der Waals surface area contributed by atoms with Crippen LogP contribution in [0.3, 0.4) is 0 Å².